The van der Waals surface area contributed by atoms with Crippen LogP contribution in [-0.4, -0.2) is 44.1 Å². The van der Waals surface area contributed by atoms with E-state index in [9.17, 15) is 0 Å². The van der Waals surface area contributed by atoms with Gasteiger partial charge in [-0.3, -0.25) is 0 Å². The van der Waals surface area contributed by atoms with E-state index in [0.29, 0.717) is 0 Å². The fourth-order valence-corrected chi connectivity index (χ4v) is 0. The fraction of sp³-hybridized carbons (Fsp3) is 0. The Morgan fingerprint density at radius 2 is 0.818 bits per heavy atom. The molecule has 0 saturated carbocycles. The quantitative estimate of drug-likeness (QED) is 0.308. The van der Waals surface area contributed by atoms with Crippen molar-refractivity contribution in [1.82, 2.24) is 0 Å². The van der Waals surface area contributed by atoms with Crippen molar-refractivity contribution in [3.05, 3.63) is 0 Å². The summed E-state index contributed by atoms with van der Waals surface area (Å²) in [5.41, 5.74) is 0. The van der Waals surface area contributed by atoms with Crippen LogP contribution in [0.1, 0.15) is 0 Å². The molecule has 8 nitrogen and oxygen atoms in total. The van der Waals surface area contributed by atoms with E-state index in [2.05, 4.69) is 0 Å². The second-order valence-electron chi connectivity index (χ2n) is 0.610. The molecule has 0 aliphatic rings. The third-order valence-corrected chi connectivity index (χ3v) is 0.183. The summed E-state index contributed by atoms with van der Waals surface area (Å²) in [5, 5.41) is 14.8. The van der Waals surface area contributed by atoms with Crippen LogP contribution in [0.4, 0.5) is 0 Å². The van der Waals surface area contributed by atoms with E-state index in [4.69, 9.17) is 19.8 Å². The molecule has 0 unspecified atom stereocenters. The molecule has 0 rings (SSSR count). The molecule has 10 N–H and O–H groups in total. The molecule has 0 spiro atoms. The minimum absolute atomic E-state index is 0. The van der Waals surface area contributed by atoms with Crippen molar-refractivity contribution in [2.75, 3.05) is 0 Å². The van der Waals surface area contributed by atoms with E-state index in [-0.39, 0.29) is 38.4 Å². The van der Waals surface area contributed by atoms with Gasteiger partial charge in [0.2, 0.25) is 0 Å². The third-order valence-electron chi connectivity index (χ3n) is 0.183. The Kier molecular flexibility index (Phi) is 100. The van der Waals surface area contributed by atoms with E-state index in [1.165, 1.54) is 0 Å². The predicted molar refractivity (Wildman–Crippen MR) is 29.7 cm³/mol. The SMILES string of the molecule is O.O.O.O.O=C(O)C(=O)O.[Ni]. The summed E-state index contributed by atoms with van der Waals surface area (Å²) in [7, 11) is 0. The summed E-state index contributed by atoms with van der Waals surface area (Å²) in [5.74, 6) is -3.65. The van der Waals surface area contributed by atoms with Crippen LogP contribution in [-0.2, 0) is 26.1 Å². The normalized spacial score (nSPS) is 4.00. The number of aliphatic carboxylic acids is 2. The number of carbonyl (C=O) groups is 2. The van der Waals surface area contributed by atoms with Crippen molar-refractivity contribution < 1.29 is 58.2 Å². The van der Waals surface area contributed by atoms with Crippen molar-refractivity contribution in [2.45, 2.75) is 0 Å². The van der Waals surface area contributed by atoms with Crippen LogP contribution >= 0.6 is 0 Å². The first-order valence-electron chi connectivity index (χ1n) is 1.11. The van der Waals surface area contributed by atoms with Gasteiger partial charge in [0.15, 0.2) is 0 Å². The summed E-state index contributed by atoms with van der Waals surface area (Å²) in [6, 6.07) is 0. The summed E-state index contributed by atoms with van der Waals surface area (Å²) >= 11 is 0. The minimum atomic E-state index is -1.82. The van der Waals surface area contributed by atoms with Gasteiger partial charge in [-0.05, 0) is 0 Å². The molecule has 0 amide bonds. The largest absolute Gasteiger partial charge is 0.473 e. The number of carboxylic acids is 2. The summed E-state index contributed by atoms with van der Waals surface area (Å²) < 4.78 is 0. The molecule has 0 saturated heterocycles. The van der Waals surface area contributed by atoms with Gasteiger partial charge < -0.3 is 32.1 Å². The molecule has 0 bridgehead atoms. The van der Waals surface area contributed by atoms with Crippen LogP contribution in [0, 0.1) is 0 Å². The zero-order chi connectivity index (χ0) is 5.15. The Hall–Kier alpha value is -0.726. The van der Waals surface area contributed by atoms with Crippen LogP contribution in [0.25, 0.3) is 0 Å². The van der Waals surface area contributed by atoms with Crippen LogP contribution < -0.4 is 0 Å². The van der Waals surface area contributed by atoms with Crippen LogP contribution in [0.15, 0.2) is 0 Å². The summed E-state index contributed by atoms with van der Waals surface area (Å²) in [6.45, 7) is 0. The van der Waals surface area contributed by atoms with Gasteiger partial charge in [-0.15, -0.1) is 0 Å². The molecule has 0 radical (unpaired) electrons. The topological polar surface area (TPSA) is 201 Å². The van der Waals surface area contributed by atoms with Crippen molar-refractivity contribution in [3.8, 4) is 0 Å². The first-order chi connectivity index (χ1) is 2.64. The molecular weight excluding hydrogens is 211 g/mol. The zero-order valence-corrected chi connectivity index (χ0v) is 6.01. The van der Waals surface area contributed by atoms with Gasteiger partial charge in [0.1, 0.15) is 0 Å². The maximum absolute atomic E-state index is 9.10. The van der Waals surface area contributed by atoms with Gasteiger partial charge in [0.25, 0.3) is 0 Å². The molecular formula is C2H10NiO8. The average molecular weight is 221 g/mol. The smallest absolute Gasteiger partial charge is 0.414 e. The van der Waals surface area contributed by atoms with E-state index in [1.807, 2.05) is 0 Å². The maximum atomic E-state index is 9.10. The number of hydrogen-bond donors (Lipinski definition) is 2. The molecule has 0 aromatic rings. The Morgan fingerprint density at radius 3 is 0.818 bits per heavy atom. The van der Waals surface area contributed by atoms with Gasteiger partial charge in [0, 0.05) is 16.5 Å². The molecule has 11 heavy (non-hydrogen) atoms. The summed E-state index contributed by atoms with van der Waals surface area (Å²) in [4.78, 5) is 18.2. The van der Waals surface area contributed by atoms with Crippen molar-refractivity contribution in [1.29, 1.82) is 0 Å². The Labute approximate surface area is 71.0 Å². The van der Waals surface area contributed by atoms with E-state index in [0.717, 1.165) is 0 Å². The summed E-state index contributed by atoms with van der Waals surface area (Å²) in [6.07, 6.45) is 0. The zero-order valence-electron chi connectivity index (χ0n) is 5.03. The minimum Gasteiger partial charge on any atom is -0.473 e. The monoisotopic (exact) mass is 220 g/mol. The maximum Gasteiger partial charge on any atom is 0.414 e. The van der Waals surface area contributed by atoms with Gasteiger partial charge in [-0.1, -0.05) is 0 Å². The molecule has 76 valence electrons. The Morgan fingerprint density at radius 1 is 0.727 bits per heavy atom. The predicted octanol–water partition coefficient (Wildman–Crippen LogP) is -4.15. The molecule has 0 aliphatic heterocycles. The Bertz CT molecular complexity index is 78.1. The second kappa shape index (κ2) is 22.8. The number of hydrogen-bond acceptors (Lipinski definition) is 2. The average Bonchev–Trinajstić information content (AvgIpc) is 1.36. The standard InChI is InChI=1S/C2H2O4.Ni.4H2O/c3-1(4)2(5)6;;;;;/h(H,3,4)(H,5,6);;4*1H2. The number of rotatable bonds is 0. The van der Waals surface area contributed by atoms with Gasteiger partial charge in [0.05, 0.1) is 0 Å². The van der Waals surface area contributed by atoms with Gasteiger partial charge in [-0.25, -0.2) is 9.59 Å². The molecule has 9 heteroatoms. The molecule has 0 aromatic carbocycles. The van der Waals surface area contributed by atoms with Crippen molar-refractivity contribution in [3.63, 3.8) is 0 Å². The molecule has 0 aromatic heterocycles. The van der Waals surface area contributed by atoms with Crippen LogP contribution in [0.2, 0.25) is 0 Å². The molecule has 0 fully saturated rings. The molecule has 0 heterocycles. The van der Waals surface area contributed by atoms with E-state index < -0.39 is 11.9 Å². The first kappa shape index (κ1) is 48.4. The van der Waals surface area contributed by atoms with Crippen LogP contribution in [0.3, 0.4) is 0 Å². The van der Waals surface area contributed by atoms with Crippen molar-refractivity contribution >= 4 is 11.9 Å². The van der Waals surface area contributed by atoms with Crippen LogP contribution in [0.5, 0.6) is 0 Å². The Balaban J connectivity index is -0.0000000125. The van der Waals surface area contributed by atoms with E-state index >= 15 is 0 Å². The number of carboxylic acid groups (broad SMARTS) is 2. The molecule has 0 aliphatic carbocycles. The van der Waals surface area contributed by atoms with Crippen molar-refractivity contribution in [2.24, 2.45) is 0 Å². The van der Waals surface area contributed by atoms with E-state index in [1.54, 1.807) is 0 Å². The first-order valence-corrected chi connectivity index (χ1v) is 1.11. The second-order valence-corrected chi connectivity index (χ2v) is 0.610. The molecule has 0 atom stereocenters. The fourth-order valence-electron chi connectivity index (χ4n) is 0. The van der Waals surface area contributed by atoms with Gasteiger partial charge >= 0.3 is 11.9 Å². The van der Waals surface area contributed by atoms with Gasteiger partial charge in [-0.2, -0.15) is 0 Å². The third kappa shape index (κ3) is 45.8.